The number of hydrogen-bond donors (Lipinski definition) is 1. The van der Waals surface area contributed by atoms with Gasteiger partial charge in [0.05, 0.1) is 21.6 Å². The first-order chi connectivity index (χ1) is 14.0. The number of aromatic nitrogens is 2. The predicted molar refractivity (Wildman–Crippen MR) is 109 cm³/mol. The molecule has 29 heavy (non-hydrogen) atoms. The molecule has 7 nitrogen and oxygen atoms in total. The number of ether oxygens (including phenoxy) is 1. The van der Waals surface area contributed by atoms with Crippen molar-refractivity contribution >= 4 is 32.7 Å². The highest BCUT2D eigenvalue weighted by Gasteiger charge is 2.26. The minimum Gasteiger partial charge on any atom is -0.482 e. The molecule has 0 bridgehead atoms. The van der Waals surface area contributed by atoms with E-state index in [0.717, 1.165) is 17.5 Å². The predicted octanol–water partition coefficient (Wildman–Crippen LogP) is 3.34. The Morgan fingerprint density at radius 3 is 2.86 bits per heavy atom. The molecule has 1 aliphatic heterocycles. The molecule has 0 atom stereocenters. The zero-order chi connectivity index (χ0) is 20.0. The number of benzene rings is 1. The van der Waals surface area contributed by atoms with Crippen molar-refractivity contribution < 1.29 is 17.9 Å². The van der Waals surface area contributed by atoms with Crippen LogP contribution in [0.1, 0.15) is 31.2 Å². The summed E-state index contributed by atoms with van der Waals surface area (Å²) in [5, 5.41) is 2.68. The monoisotopic (exact) mass is 411 g/mol. The van der Waals surface area contributed by atoms with Gasteiger partial charge in [-0.15, -0.1) is 0 Å². The maximum atomic E-state index is 13.4. The van der Waals surface area contributed by atoms with Crippen LogP contribution in [0.25, 0.3) is 11.0 Å². The zero-order valence-corrected chi connectivity index (χ0v) is 16.6. The van der Waals surface area contributed by atoms with Crippen molar-refractivity contribution in [2.75, 3.05) is 11.9 Å². The van der Waals surface area contributed by atoms with E-state index in [4.69, 9.17) is 4.74 Å². The van der Waals surface area contributed by atoms with Crippen LogP contribution in [0.4, 0.5) is 5.69 Å². The van der Waals surface area contributed by atoms with Gasteiger partial charge in [0.25, 0.3) is 15.9 Å². The maximum Gasteiger partial charge on any atom is 0.268 e. The van der Waals surface area contributed by atoms with Gasteiger partial charge >= 0.3 is 0 Å². The second kappa shape index (κ2) is 6.88. The van der Waals surface area contributed by atoms with Crippen molar-refractivity contribution in [2.24, 2.45) is 5.92 Å². The van der Waals surface area contributed by atoms with Gasteiger partial charge in [0.15, 0.2) is 6.61 Å². The molecule has 3 aromatic rings. The molecule has 2 aromatic heterocycles. The molecule has 1 N–H and O–H groups in total. The molecular formula is C21H21N3O4S. The molecule has 1 amide bonds. The fourth-order valence-corrected chi connectivity index (χ4v) is 5.69. The number of hydrogen-bond acceptors (Lipinski definition) is 5. The Morgan fingerprint density at radius 2 is 2.03 bits per heavy atom. The van der Waals surface area contributed by atoms with Crippen molar-refractivity contribution in [3.63, 3.8) is 0 Å². The molecule has 0 radical (unpaired) electrons. The fraction of sp³-hybridized carbons (Fsp3) is 0.333. The quantitative estimate of drug-likeness (QED) is 0.711. The zero-order valence-electron chi connectivity index (χ0n) is 15.8. The third-order valence-corrected chi connectivity index (χ3v) is 7.40. The van der Waals surface area contributed by atoms with Gasteiger partial charge in [-0.05, 0) is 42.2 Å². The van der Waals surface area contributed by atoms with Crippen molar-refractivity contribution in [2.45, 2.75) is 37.0 Å². The lowest BCUT2D eigenvalue weighted by atomic mass is 9.99. The van der Waals surface area contributed by atoms with Gasteiger partial charge in [0, 0.05) is 18.5 Å². The van der Waals surface area contributed by atoms with Crippen molar-refractivity contribution in [1.82, 2.24) is 8.96 Å². The van der Waals surface area contributed by atoms with Crippen LogP contribution in [0.3, 0.4) is 0 Å². The lowest BCUT2D eigenvalue weighted by molar-refractivity contribution is -0.118. The highest BCUT2D eigenvalue weighted by Crippen LogP contribution is 2.34. The van der Waals surface area contributed by atoms with Crippen LogP contribution in [-0.4, -0.2) is 29.9 Å². The number of amides is 1. The summed E-state index contributed by atoms with van der Waals surface area (Å²) in [6, 6.07) is 8.04. The average Bonchev–Trinajstić information content (AvgIpc) is 3.36. The summed E-state index contributed by atoms with van der Waals surface area (Å²) in [6.07, 6.45) is 9.09. The van der Waals surface area contributed by atoms with E-state index < -0.39 is 10.0 Å². The molecular weight excluding hydrogens is 390 g/mol. The summed E-state index contributed by atoms with van der Waals surface area (Å²) in [6.45, 7) is -0.127. The van der Waals surface area contributed by atoms with Crippen LogP contribution < -0.4 is 10.1 Å². The van der Waals surface area contributed by atoms with Gasteiger partial charge < -0.3 is 10.1 Å². The van der Waals surface area contributed by atoms with Crippen LogP contribution >= 0.6 is 0 Å². The van der Waals surface area contributed by atoms with E-state index >= 15 is 0 Å². The van der Waals surface area contributed by atoms with Gasteiger partial charge in [-0.1, -0.05) is 25.7 Å². The molecule has 0 saturated heterocycles. The molecule has 5 rings (SSSR count). The summed E-state index contributed by atoms with van der Waals surface area (Å²) in [5.41, 5.74) is 2.76. The minimum atomic E-state index is -3.84. The molecule has 1 aromatic carbocycles. The number of nitrogens with zero attached hydrogens (tertiary/aromatic N) is 2. The molecule has 0 spiro atoms. The van der Waals surface area contributed by atoms with E-state index in [1.165, 1.54) is 41.8 Å². The lowest BCUT2D eigenvalue weighted by Gasteiger charge is -2.18. The van der Waals surface area contributed by atoms with E-state index in [0.29, 0.717) is 22.9 Å². The molecule has 0 unspecified atom stereocenters. The van der Waals surface area contributed by atoms with E-state index in [-0.39, 0.29) is 17.4 Å². The van der Waals surface area contributed by atoms with Crippen LogP contribution in [0.5, 0.6) is 5.75 Å². The molecule has 1 fully saturated rings. The first-order valence-electron chi connectivity index (χ1n) is 9.79. The Kier molecular flexibility index (Phi) is 4.31. The number of pyridine rings is 1. The Bertz CT molecular complexity index is 1210. The van der Waals surface area contributed by atoms with Crippen LogP contribution in [0.15, 0.2) is 47.6 Å². The number of fused-ring (bicyclic) bond motifs is 2. The topological polar surface area (TPSA) is 90.3 Å². The first kappa shape index (κ1) is 18.2. The van der Waals surface area contributed by atoms with E-state index in [2.05, 4.69) is 10.3 Å². The first-order valence-corrected chi connectivity index (χ1v) is 11.2. The van der Waals surface area contributed by atoms with Gasteiger partial charge in [-0.25, -0.2) is 12.4 Å². The minimum absolute atomic E-state index is 0.112. The molecule has 1 aliphatic carbocycles. The largest absolute Gasteiger partial charge is 0.482 e. The summed E-state index contributed by atoms with van der Waals surface area (Å²) in [4.78, 5) is 16.0. The Balaban J connectivity index is 1.58. The van der Waals surface area contributed by atoms with Crippen LogP contribution in [0, 0.1) is 5.92 Å². The third-order valence-electron chi connectivity index (χ3n) is 5.73. The molecule has 150 valence electrons. The normalized spacial score (nSPS) is 17.2. The number of rotatable bonds is 4. The number of nitrogens with one attached hydrogen (secondary N) is 1. The Morgan fingerprint density at radius 1 is 1.21 bits per heavy atom. The summed E-state index contributed by atoms with van der Waals surface area (Å²) in [7, 11) is -3.84. The lowest BCUT2D eigenvalue weighted by Crippen LogP contribution is -2.25. The van der Waals surface area contributed by atoms with Gasteiger partial charge in [0.1, 0.15) is 5.75 Å². The van der Waals surface area contributed by atoms with Crippen molar-refractivity contribution in [3.05, 3.63) is 48.3 Å². The Hall–Kier alpha value is -2.87. The Labute approximate surface area is 168 Å². The third kappa shape index (κ3) is 3.17. The summed E-state index contributed by atoms with van der Waals surface area (Å²) >= 11 is 0. The SMILES string of the molecule is O=C1COc2cc(S(=O)(=O)n3cc(CC4CCCC4)c4ncccc43)ccc2N1. The van der Waals surface area contributed by atoms with Gasteiger partial charge in [0.2, 0.25) is 0 Å². The molecule has 8 heteroatoms. The molecule has 2 aliphatic rings. The van der Waals surface area contributed by atoms with Gasteiger partial charge in [-0.3, -0.25) is 9.78 Å². The molecule has 3 heterocycles. The van der Waals surface area contributed by atoms with Gasteiger partial charge in [-0.2, -0.15) is 0 Å². The van der Waals surface area contributed by atoms with Crippen molar-refractivity contribution in [3.8, 4) is 5.75 Å². The number of carbonyl (C=O) groups is 1. The molecule has 1 saturated carbocycles. The number of anilines is 1. The second-order valence-corrected chi connectivity index (χ2v) is 9.49. The van der Waals surface area contributed by atoms with Crippen LogP contribution in [-0.2, 0) is 21.2 Å². The van der Waals surface area contributed by atoms with Crippen LogP contribution in [0.2, 0.25) is 0 Å². The fourth-order valence-electron chi connectivity index (χ4n) is 4.30. The average molecular weight is 411 g/mol. The second-order valence-electron chi connectivity index (χ2n) is 7.68. The maximum absolute atomic E-state index is 13.4. The van der Waals surface area contributed by atoms with Crippen molar-refractivity contribution in [1.29, 1.82) is 0 Å². The van der Waals surface area contributed by atoms with E-state index in [1.807, 2.05) is 0 Å². The smallest absolute Gasteiger partial charge is 0.268 e. The van der Waals surface area contributed by atoms with E-state index in [1.54, 1.807) is 30.6 Å². The number of carbonyl (C=O) groups excluding carboxylic acids is 1. The summed E-state index contributed by atoms with van der Waals surface area (Å²) < 4.78 is 33.6. The highest BCUT2D eigenvalue weighted by molar-refractivity contribution is 7.90. The van der Waals surface area contributed by atoms with E-state index in [9.17, 15) is 13.2 Å². The standard InChI is InChI=1S/C21H21N3O4S/c25-20-13-28-19-11-16(7-8-17(19)23-20)29(26,27)24-12-15(10-14-4-1-2-5-14)21-18(24)6-3-9-22-21/h3,6-9,11-12,14H,1-2,4-5,10,13H2,(H,23,25). The summed E-state index contributed by atoms with van der Waals surface area (Å²) in [5.74, 6) is 0.679. The highest BCUT2D eigenvalue weighted by atomic mass is 32.2.